The van der Waals surface area contributed by atoms with E-state index in [2.05, 4.69) is 4.72 Å². The Balaban J connectivity index is 1.92. The maximum atomic E-state index is 13.1. The summed E-state index contributed by atoms with van der Waals surface area (Å²) < 4.78 is 55.2. The van der Waals surface area contributed by atoms with E-state index in [0.29, 0.717) is 18.7 Å². The second-order valence-electron chi connectivity index (χ2n) is 6.72. The van der Waals surface area contributed by atoms with Gasteiger partial charge in [-0.3, -0.25) is 4.72 Å². The van der Waals surface area contributed by atoms with E-state index in [-0.39, 0.29) is 15.5 Å². The third kappa shape index (κ3) is 4.51. The molecule has 0 amide bonds. The maximum Gasteiger partial charge on any atom is 0.261 e. The predicted octanol–water partition coefficient (Wildman–Crippen LogP) is 3.36. The fraction of sp³-hybridized carbons (Fsp3) is 0.368. The van der Waals surface area contributed by atoms with Crippen LogP contribution in [0.2, 0.25) is 0 Å². The zero-order valence-electron chi connectivity index (χ0n) is 15.3. The van der Waals surface area contributed by atoms with Gasteiger partial charge in [0.05, 0.1) is 15.5 Å². The van der Waals surface area contributed by atoms with Crippen molar-refractivity contribution in [1.82, 2.24) is 4.31 Å². The molecule has 146 valence electrons. The Morgan fingerprint density at radius 1 is 0.852 bits per heavy atom. The Labute approximate surface area is 161 Å². The highest BCUT2D eigenvalue weighted by molar-refractivity contribution is 7.92. The molecule has 0 saturated carbocycles. The molecule has 0 aromatic heterocycles. The second-order valence-corrected chi connectivity index (χ2v) is 10.3. The molecule has 8 heteroatoms. The van der Waals surface area contributed by atoms with E-state index in [9.17, 15) is 16.8 Å². The molecule has 1 saturated heterocycles. The van der Waals surface area contributed by atoms with Crippen molar-refractivity contribution < 1.29 is 16.8 Å². The fourth-order valence-corrected chi connectivity index (χ4v) is 6.01. The normalized spacial score (nSPS) is 16.6. The average molecular weight is 409 g/mol. The van der Waals surface area contributed by atoms with E-state index in [4.69, 9.17) is 0 Å². The number of benzene rings is 2. The molecule has 0 aliphatic carbocycles. The van der Waals surface area contributed by atoms with Crippen LogP contribution in [-0.4, -0.2) is 34.2 Å². The molecule has 1 aliphatic heterocycles. The standard InChI is InChI=1S/C19H24N2O4S2/c1-16-11-12-17(20-26(22,23)18-9-5-4-6-10-18)15-19(16)27(24,25)21-13-7-2-3-8-14-21/h4-6,9-12,15,20H,2-3,7-8,13-14H2,1H3. The maximum absolute atomic E-state index is 13.1. The van der Waals surface area contributed by atoms with Crippen LogP contribution in [0.3, 0.4) is 0 Å². The SMILES string of the molecule is Cc1ccc(NS(=O)(=O)c2ccccc2)cc1S(=O)(=O)N1CCCCCC1. The van der Waals surface area contributed by atoms with E-state index in [1.807, 2.05) is 0 Å². The summed E-state index contributed by atoms with van der Waals surface area (Å²) in [6.45, 7) is 2.73. The van der Waals surface area contributed by atoms with Crippen molar-refractivity contribution >= 4 is 25.7 Å². The average Bonchev–Trinajstić information content (AvgIpc) is 2.94. The lowest BCUT2D eigenvalue weighted by molar-refractivity contribution is 0.423. The Bertz CT molecular complexity index is 995. The van der Waals surface area contributed by atoms with Gasteiger partial charge in [0, 0.05) is 13.1 Å². The smallest absolute Gasteiger partial charge is 0.261 e. The molecule has 2 aromatic rings. The van der Waals surface area contributed by atoms with E-state index in [1.54, 1.807) is 37.3 Å². The molecular weight excluding hydrogens is 384 g/mol. The number of nitrogens with one attached hydrogen (secondary N) is 1. The monoisotopic (exact) mass is 408 g/mol. The first-order valence-electron chi connectivity index (χ1n) is 8.99. The summed E-state index contributed by atoms with van der Waals surface area (Å²) in [6, 6.07) is 12.6. The molecule has 0 spiro atoms. The number of nitrogens with zero attached hydrogens (tertiary/aromatic N) is 1. The predicted molar refractivity (Wildman–Crippen MR) is 106 cm³/mol. The van der Waals surface area contributed by atoms with Gasteiger partial charge in [0.15, 0.2) is 0 Å². The van der Waals surface area contributed by atoms with Gasteiger partial charge in [0.2, 0.25) is 10.0 Å². The molecule has 6 nitrogen and oxygen atoms in total. The third-order valence-electron chi connectivity index (χ3n) is 4.68. The second kappa shape index (κ2) is 8.00. The molecule has 0 bridgehead atoms. The van der Waals surface area contributed by atoms with Crippen molar-refractivity contribution in [1.29, 1.82) is 0 Å². The quantitative estimate of drug-likeness (QED) is 0.822. The van der Waals surface area contributed by atoms with Crippen LogP contribution in [0.1, 0.15) is 31.2 Å². The number of sulfonamides is 2. The molecule has 0 radical (unpaired) electrons. The number of rotatable bonds is 5. The fourth-order valence-electron chi connectivity index (χ4n) is 3.18. The van der Waals surface area contributed by atoms with Crippen LogP contribution in [0.4, 0.5) is 5.69 Å². The summed E-state index contributed by atoms with van der Waals surface area (Å²) in [5.74, 6) is 0. The summed E-state index contributed by atoms with van der Waals surface area (Å²) >= 11 is 0. The van der Waals surface area contributed by atoms with Crippen molar-refractivity contribution in [2.45, 2.75) is 42.4 Å². The molecular formula is C19H24N2O4S2. The first-order valence-corrected chi connectivity index (χ1v) is 11.9. The number of hydrogen-bond donors (Lipinski definition) is 1. The highest BCUT2D eigenvalue weighted by Gasteiger charge is 2.27. The minimum atomic E-state index is -3.78. The molecule has 1 fully saturated rings. The highest BCUT2D eigenvalue weighted by atomic mass is 32.2. The Morgan fingerprint density at radius 3 is 2.11 bits per heavy atom. The zero-order chi connectivity index (χ0) is 19.5. The van der Waals surface area contributed by atoms with Crippen molar-refractivity contribution in [2.75, 3.05) is 17.8 Å². The minimum absolute atomic E-state index is 0.127. The van der Waals surface area contributed by atoms with Gasteiger partial charge in [-0.25, -0.2) is 16.8 Å². The van der Waals surface area contributed by atoms with Gasteiger partial charge in [-0.05, 0) is 49.6 Å². The van der Waals surface area contributed by atoms with Crippen LogP contribution in [-0.2, 0) is 20.0 Å². The number of anilines is 1. The van der Waals surface area contributed by atoms with Crippen molar-refractivity contribution in [2.24, 2.45) is 0 Å². The van der Waals surface area contributed by atoms with Crippen molar-refractivity contribution in [3.05, 3.63) is 54.1 Å². The van der Waals surface area contributed by atoms with Crippen molar-refractivity contribution in [3.63, 3.8) is 0 Å². The lowest BCUT2D eigenvalue weighted by Crippen LogP contribution is -2.32. The van der Waals surface area contributed by atoms with Gasteiger partial charge in [-0.2, -0.15) is 4.31 Å². The molecule has 0 unspecified atom stereocenters. The molecule has 1 heterocycles. The molecule has 0 atom stereocenters. The largest absolute Gasteiger partial charge is 0.280 e. The van der Waals surface area contributed by atoms with Gasteiger partial charge >= 0.3 is 0 Å². The Morgan fingerprint density at radius 2 is 1.48 bits per heavy atom. The van der Waals surface area contributed by atoms with E-state index >= 15 is 0 Å². The molecule has 3 rings (SSSR count). The van der Waals surface area contributed by atoms with Crippen LogP contribution in [0.15, 0.2) is 58.3 Å². The van der Waals surface area contributed by atoms with E-state index < -0.39 is 20.0 Å². The zero-order valence-corrected chi connectivity index (χ0v) is 16.9. The van der Waals surface area contributed by atoms with Crippen LogP contribution >= 0.6 is 0 Å². The summed E-state index contributed by atoms with van der Waals surface area (Å²) in [7, 11) is -7.44. The molecule has 1 aliphatic rings. The summed E-state index contributed by atoms with van der Waals surface area (Å²) in [6.07, 6.45) is 3.75. The summed E-state index contributed by atoms with van der Waals surface area (Å²) in [5.41, 5.74) is 0.833. The lowest BCUT2D eigenvalue weighted by Gasteiger charge is -2.21. The minimum Gasteiger partial charge on any atom is -0.280 e. The van der Waals surface area contributed by atoms with Crippen LogP contribution in [0.25, 0.3) is 0 Å². The lowest BCUT2D eigenvalue weighted by atomic mass is 10.2. The number of hydrogen-bond acceptors (Lipinski definition) is 4. The molecule has 2 aromatic carbocycles. The molecule has 1 N–H and O–H groups in total. The third-order valence-corrected chi connectivity index (χ3v) is 8.11. The van der Waals surface area contributed by atoms with Gasteiger partial charge in [0.25, 0.3) is 10.0 Å². The topological polar surface area (TPSA) is 83.5 Å². The van der Waals surface area contributed by atoms with Crippen LogP contribution in [0, 0.1) is 6.92 Å². The Kier molecular flexibility index (Phi) is 5.88. The van der Waals surface area contributed by atoms with Crippen molar-refractivity contribution in [3.8, 4) is 0 Å². The number of aryl methyl sites for hydroxylation is 1. The summed E-state index contributed by atoms with van der Waals surface area (Å²) in [4.78, 5) is 0.278. The van der Waals surface area contributed by atoms with Gasteiger partial charge in [0.1, 0.15) is 0 Å². The first kappa shape index (κ1) is 19.9. The van der Waals surface area contributed by atoms with Gasteiger partial charge in [-0.1, -0.05) is 37.1 Å². The first-order chi connectivity index (χ1) is 12.8. The van der Waals surface area contributed by atoms with Gasteiger partial charge in [-0.15, -0.1) is 0 Å². The van der Waals surface area contributed by atoms with Crippen LogP contribution in [0.5, 0.6) is 0 Å². The van der Waals surface area contributed by atoms with E-state index in [0.717, 1.165) is 25.7 Å². The summed E-state index contributed by atoms with van der Waals surface area (Å²) in [5, 5.41) is 0. The Hall–Kier alpha value is -1.90. The highest BCUT2D eigenvalue weighted by Crippen LogP contribution is 2.27. The molecule has 27 heavy (non-hydrogen) atoms. The van der Waals surface area contributed by atoms with Gasteiger partial charge < -0.3 is 0 Å². The van der Waals surface area contributed by atoms with E-state index in [1.165, 1.54) is 22.5 Å². The van der Waals surface area contributed by atoms with Crippen LogP contribution < -0.4 is 4.72 Å².